The van der Waals surface area contributed by atoms with Crippen LogP contribution in [0.5, 0.6) is 5.75 Å². The number of ether oxygens (including phenoxy) is 1. The predicted octanol–water partition coefficient (Wildman–Crippen LogP) is 4.72. The summed E-state index contributed by atoms with van der Waals surface area (Å²) in [6.45, 7) is 2.56. The average Bonchev–Trinajstić information content (AvgIpc) is 2.94. The molecule has 0 radical (unpaired) electrons. The third-order valence-corrected chi connectivity index (χ3v) is 4.82. The molecule has 0 bridgehead atoms. The fourth-order valence-electron chi connectivity index (χ4n) is 3.25. The van der Waals surface area contributed by atoms with Gasteiger partial charge in [-0.3, -0.25) is 5.43 Å². The maximum absolute atomic E-state index is 14.1. The third kappa shape index (κ3) is 4.03. The molecule has 6 heteroatoms. The predicted molar refractivity (Wildman–Crippen MR) is 120 cm³/mol. The van der Waals surface area contributed by atoms with Crippen molar-refractivity contribution in [1.82, 2.24) is 5.43 Å². The number of hydrogen-bond donors (Lipinski definition) is 1. The summed E-state index contributed by atoms with van der Waals surface area (Å²) >= 11 is 0. The molecule has 0 unspecified atom stereocenters. The third-order valence-electron chi connectivity index (χ3n) is 4.82. The Bertz CT molecular complexity index is 1100. The van der Waals surface area contributed by atoms with E-state index in [9.17, 15) is 4.39 Å². The second kappa shape index (κ2) is 8.37. The van der Waals surface area contributed by atoms with Crippen LogP contribution in [0.25, 0.3) is 0 Å². The molecule has 1 aliphatic heterocycles. The van der Waals surface area contributed by atoms with Crippen LogP contribution >= 0.6 is 0 Å². The number of hydrogen-bond acceptors (Lipinski definition) is 5. The second-order valence-electron chi connectivity index (χ2n) is 7.09. The minimum absolute atomic E-state index is 0.328. The van der Waals surface area contributed by atoms with E-state index in [0.29, 0.717) is 29.4 Å². The fraction of sp³-hybridized carbons (Fsp3) is 0.167. The smallest absolute Gasteiger partial charge is 0.154 e. The summed E-state index contributed by atoms with van der Waals surface area (Å²) in [7, 11) is 3.97. The van der Waals surface area contributed by atoms with E-state index in [1.165, 1.54) is 12.1 Å². The Balaban J connectivity index is 1.75. The number of amidine groups is 1. The van der Waals surface area contributed by atoms with Gasteiger partial charge in [-0.05, 0) is 61.5 Å². The van der Waals surface area contributed by atoms with E-state index in [1.54, 1.807) is 6.07 Å². The van der Waals surface area contributed by atoms with Gasteiger partial charge in [0.25, 0.3) is 0 Å². The van der Waals surface area contributed by atoms with Crippen molar-refractivity contribution in [2.45, 2.75) is 6.92 Å². The molecule has 0 saturated carbocycles. The van der Waals surface area contributed by atoms with E-state index >= 15 is 0 Å². The summed E-state index contributed by atoms with van der Waals surface area (Å²) in [4.78, 5) is 6.75. The summed E-state index contributed by atoms with van der Waals surface area (Å²) in [6.07, 6.45) is 0. The highest BCUT2D eigenvalue weighted by Gasteiger charge is 2.18. The maximum Gasteiger partial charge on any atom is 0.154 e. The van der Waals surface area contributed by atoms with Crippen molar-refractivity contribution in [3.05, 3.63) is 89.2 Å². The van der Waals surface area contributed by atoms with Crippen molar-refractivity contribution in [3.63, 3.8) is 0 Å². The number of nitrogens with one attached hydrogen (secondary N) is 1. The molecule has 30 heavy (non-hydrogen) atoms. The zero-order chi connectivity index (χ0) is 21.1. The SMILES string of the molecule is CCOc1ccc(C2=Nc3ccc(F)cc3C(c3ccc(N(C)C)cc3)=NN2)cc1. The van der Waals surface area contributed by atoms with Crippen molar-refractivity contribution in [2.75, 3.05) is 25.6 Å². The van der Waals surface area contributed by atoms with E-state index in [1.807, 2.05) is 74.4 Å². The Kier molecular flexibility index (Phi) is 5.48. The molecule has 0 spiro atoms. The topological polar surface area (TPSA) is 49.2 Å². The molecule has 0 fully saturated rings. The Hall–Kier alpha value is -3.67. The highest BCUT2D eigenvalue weighted by molar-refractivity contribution is 6.18. The molecule has 152 valence electrons. The van der Waals surface area contributed by atoms with Crippen LogP contribution < -0.4 is 15.1 Å². The first kappa shape index (κ1) is 19.6. The van der Waals surface area contributed by atoms with Crippen molar-refractivity contribution >= 4 is 22.9 Å². The molecular formula is C24H23FN4O. The summed E-state index contributed by atoms with van der Waals surface area (Å²) in [5.41, 5.74) is 7.81. The van der Waals surface area contributed by atoms with Crippen LogP contribution in [0.4, 0.5) is 15.8 Å². The number of hydrazone groups is 1. The molecule has 3 aromatic carbocycles. The lowest BCUT2D eigenvalue weighted by Crippen LogP contribution is -2.19. The molecule has 3 aromatic rings. The first-order valence-electron chi connectivity index (χ1n) is 9.78. The van der Waals surface area contributed by atoms with Gasteiger partial charge >= 0.3 is 0 Å². The van der Waals surface area contributed by atoms with Crippen LogP contribution in [0.3, 0.4) is 0 Å². The molecule has 0 aromatic heterocycles. The molecule has 1 N–H and O–H groups in total. The standard InChI is InChI=1S/C24H23FN4O/c1-4-30-20-12-7-17(8-13-20)24-26-22-14-9-18(25)15-21(22)23(27-28-24)16-5-10-19(11-6-16)29(2)3/h5-15H,4H2,1-3H3,(H,26,28). The summed E-state index contributed by atoms with van der Waals surface area (Å²) in [5.74, 6) is 1.06. The van der Waals surface area contributed by atoms with Gasteiger partial charge < -0.3 is 9.64 Å². The Labute approximate surface area is 175 Å². The molecule has 0 aliphatic carbocycles. The van der Waals surface area contributed by atoms with E-state index < -0.39 is 0 Å². The van der Waals surface area contributed by atoms with Crippen molar-refractivity contribution in [1.29, 1.82) is 0 Å². The molecule has 0 saturated heterocycles. The minimum Gasteiger partial charge on any atom is -0.494 e. The number of halogens is 1. The van der Waals surface area contributed by atoms with Gasteiger partial charge in [0.2, 0.25) is 0 Å². The molecule has 5 nitrogen and oxygen atoms in total. The number of aliphatic imine (C=N–C) groups is 1. The number of fused-ring (bicyclic) bond motifs is 1. The van der Waals surface area contributed by atoms with Gasteiger partial charge in [0.1, 0.15) is 17.3 Å². The lowest BCUT2D eigenvalue weighted by atomic mass is 10.0. The molecule has 0 atom stereocenters. The molecule has 1 heterocycles. The highest BCUT2D eigenvalue weighted by atomic mass is 19.1. The van der Waals surface area contributed by atoms with Crippen molar-refractivity contribution in [3.8, 4) is 5.75 Å². The van der Waals surface area contributed by atoms with Gasteiger partial charge in [-0.15, -0.1) is 0 Å². The first-order chi connectivity index (χ1) is 14.5. The number of rotatable bonds is 5. The van der Waals surface area contributed by atoms with Crippen LogP contribution in [0.15, 0.2) is 76.8 Å². The number of anilines is 1. The largest absolute Gasteiger partial charge is 0.494 e. The minimum atomic E-state index is -0.328. The summed E-state index contributed by atoms with van der Waals surface area (Å²) in [6, 6.07) is 20.2. The summed E-state index contributed by atoms with van der Waals surface area (Å²) in [5, 5.41) is 4.59. The van der Waals surface area contributed by atoms with Gasteiger partial charge in [0.15, 0.2) is 5.84 Å². The zero-order valence-electron chi connectivity index (χ0n) is 17.2. The first-order valence-corrected chi connectivity index (χ1v) is 9.78. The lowest BCUT2D eigenvalue weighted by Gasteiger charge is -2.13. The van der Waals surface area contributed by atoms with Gasteiger partial charge in [0, 0.05) is 36.5 Å². The van der Waals surface area contributed by atoms with E-state index in [-0.39, 0.29) is 5.82 Å². The molecule has 4 rings (SSSR count). The van der Waals surface area contributed by atoms with Gasteiger partial charge in [-0.2, -0.15) is 5.10 Å². The number of benzene rings is 3. The van der Waals surface area contributed by atoms with E-state index in [4.69, 9.17) is 9.73 Å². The maximum atomic E-state index is 14.1. The lowest BCUT2D eigenvalue weighted by molar-refractivity contribution is 0.340. The quantitative estimate of drug-likeness (QED) is 0.672. The number of nitrogens with zero attached hydrogens (tertiary/aromatic N) is 3. The zero-order valence-corrected chi connectivity index (χ0v) is 17.2. The Morgan fingerprint density at radius 1 is 0.933 bits per heavy atom. The van der Waals surface area contributed by atoms with Crippen LogP contribution in [0.1, 0.15) is 23.6 Å². The van der Waals surface area contributed by atoms with Gasteiger partial charge in [0.05, 0.1) is 12.3 Å². The molecule has 0 amide bonds. The van der Waals surface area contributed by atoms with Crippen LogP contribution in [-0.2, 0) is 0 Å². The normalized spacial score (nSPS) is 12.8. The summed E-state index contributed by atoms with van der Waals surface area (Å²) < 4.78 is 19.6. The Morgan fingerprint density at radius 2 is 1.63 bits per heavy atom. The average molecular weight is 402 g/mol. The van der Waals surface area contributed by atoms with Crippen molar-refractivity contribution in [2.24, 2.45) is 10.1 Å². The van der Waals surface area contributed by atoms with Crippen molar-refractivity contribution < 1.29 is 9.13 Å². The monoisotopic (exact) mass is 402 g/mol. The van der Waals surface area contributed by atoms with Crippen LogP contribution in [0, 0.1) is 5.82 Å². The molecular weight excluding hydrogens is 379 g/mol. The van der Waals surface area contributed by atoms with E-state index in [0.717, 1.165) is 22.6 Å². The Morgan fingerprint density at radius 3 is 2.30 bits per heavy atom. The van der Waals surface area contributed by atoms with E-state index in [2.05, 4.69) is 10.5 Å². The van der Waals surface area contributed by atoms with Crippen LogP contribution in [0.2, 0.25) is 0 Å². The van der Waals surface area contributed by atoms with Gasteiger partial charge in [-0.1, -0.05) is 12.1 Å². The highest BCUT2D eigenvalue weighted by Crippen LogP contribution is 2.27. The van der Waals surface area contributed by atoms with Crippen LogP contribution in [-0.4, -0.2) is 32.2 Å². The fourth-order valence-corrected chi connectivity index (χ4v) is 3.25. The van der Waals surface area contributed by atoms with Gasteiger partial charge in [-0.25, -0.2) is 9.38 Å². The second-order valence-corrected chi connectivity index (χ2v) is 7.09. The molecule has 1 aliphatic rings.